The molecule has 6 heteroatoms. The number of rotatable bonds is 5. The number of benzene rings is 2. The molecule has 3 heterocycles. The number of nitrogens with zero attached hydrogens (tertiary/aromatic N) is 3. The van der Waals surface area contributed by atoms with Crippen LogP contribution in [0.3, 0.4) is 0 Å². The van der Waals surface area contributed by atoms with Gasteiger partial charge < -0.3 is 10.1 Å². The molecule has 0 spiro atoms. The summed E-state index contributed by atoms with van der Waals surface area (Å²) >= 11 is 6.14. The highest BCUT2D eigenvalue weighted by Crippen LogP contribution is 2.38. The van der Waals surface area contributed by atoms with E-state index in [9.17, 15) is 5.26 Å². The lowest BCUT2D eigenvalue weighted by Crippen LogP contribution is -2.15. The Morgan fingerprint density at radius 2 is 1.90 bits per heavy atom. The van der Waals surface area contributed by atoms with Crippen LogP contribution in [0.2, 0.25) is 5.02 Å². The van der Waals surface area contributed by atoms with Gasteiger partial charge in [-0.05, 0) is 54.4 Å². The fourth-order valence-electron chi connectivity index (χ4n) is 4.09. The summed E-state index contributed by atoms with van der Waals surface area (Å²) in [5.74, 6) is 1.32. The predicted molar refractivity (Wildman–Crippen MR) is 122 cm³/mol. The summed E-state index contributed by atoms with van der Waals surface area (Å²) in [6, 6.07) is 19.7. The van der Waals surface area contributed by atoms with Gasteiger partial charge in [-0.2, -0.15) is 5.26 Å². The van der Waals surface area contributed by atoms with Crippen LogP contribution in [-0.2, 0) is 0 Å². The first-order valence-corrected chi connectivity index (χ1v) is 10.7. The van der Waals surface area contributed by atoms with Crippen LogP contribution in [0.4, 0.5) is 0 Å². The molecule has 1 aliphatic rings. The van der Waals surface area contributed by atoms with E-state index in [1.807, 2.05) is 61.1 Å². The van der Waals surface area contributed by atoms with Crippen molar-refractivity contribution in [3.8, 4) is 34.2 Å². The molecule has 1 fully saturated rings. The molecule has 0 saturated carbocycles. The van der Waals surface area contributed by atoms with Crippen LogP contribution >= 0.6 is 11.6 Å². The Balaban J connectivity index is 1.67. The normalized spacial score (nSPS) is 15.8. The van der Waals surface area contributed by atoms with E-state index in [2.05, 4.69) is 26.8 Å². The van der Waals surface area contributed by atoms with Gasteiger partial charge in [-0.15, -0.1) is 0 Å². The van der Waals surface area contributed by atoms with Gasteiger partial charge >= 0.3 is 0 Å². The van der Waals surface area contributed by atoms with Crippen molar-refractivity contribution < 1.29 is 4.74 Å². The molecule has 4 aromatic rings. The van der Waals surface area contributed by atoms with Crippen LogP contribution in [0.25, 0.3) is 27.9 Å². The number of imidazole rings is 1. The number of hydrogen-bond donors (Lipinski definition) is 1. The second kappa shape index (κ2) is 8.43. The standard InChI is InChI=1S/C25H21ClN4O/c26-21-7-5-20(6-8-21)25-22(19-3-1-17(12-27)2-4-19)11-24(23-14-29-16-30(23)25)31-15-18-9-10-28-13-18/h1-8,11,14,16,18,28H,9-10,13,15H2/t18-/m1/s1. The summed E-state index contributed by atoms with van der Waals surface area (Å²) in [6.45, 7) is 2.70. The summed E-state index contributed by atoms with van der Waals surface area (Å²) in [4.78, 5) is 4.41. The molecular formula is C25H21ClN4O. The summed E-state index contributed by atoms with van der Waals surface area (Å²) in [5.41, 5.74) is 5.60. The molecule has 0 radical (unpaired) electrons. The van der Waals surface area contributed by atoms with Crippen LogP contribution in [0, 0.1) is 17.2 Å². The van der Waals surface area contributed by atoms with Gasteiger partial charge in [-0.1, -0.05) is 35.9 Å². The highest BCUT2D eigenvalue weighted by atomic mass is 35.5. The highest BCUT2D eigenvalue weighted by Gasteiger charge is 2.19. The van der Waals surface area contributed by atoms with Crippen molar-refractivity contribution in [1.29, 1.82) is 5.26 Å². The topological polar surface area (TPSA) is 62.3 Å². The molecule has 2 aromatic carbocycles. The Morgan fingerprint density at radius 1 is 1.13 bits per heavy atom. The van der Waals surface area contributed by atoms with Gasteiger partial charge in [-0.3, -0.25) is 4.40 Å². The molecule has 31 heavy (non-hydrogen) atoms. The molecule has 154 valence electrons. The average Bonchev–Trinajstić information content (AvgIpc) is 3.50. The zero-order chi connectivity index (χ0) is 21.2. The van der Waals surface area contributed by atoms with Crippen molar-refractivity contribution in [2.75, 3.05) is 19.7 Å². The van der Waals surface area contributed by atoms with Crippen LogP contribution in [0.15, 0.2) is 67.1 Å². The molecule has 1 aliphatic heterocycles. The van der Waals surface area contributed by atoms with Crippen LogP contribution in [0.1, 0.15) is 12.0 Å². The van der Waals surface area contributed by atoms with Crippen molar-refractivity contribution in [2.24, 2.45) is 5.92 Å². The summed E-state index contributed by atoms with van der Waals surface area (Å²) in [6.07, 6.45) is 4.78. The minimum atomic E-state index is 0.511. The summed E-state index contributed by atoms with van der Waals surface area (Å²) in [7, 11) is 0. The Kier molecular flexibility index (Phi) is 5.33. The fraction of sp³-hybridized carbons (Fsp3) is 0.200. The molecule has 0 amide bonds. The first-order chi connectivity index (χ1) is 15.2. The lowest BCUT2D eigenvalue weighted by atomic mass is 9.97. The average molecular weight is 429 g/mol. The van der Waals surface area contributed by atoms with E-state index in [1.165, 1.54) is 0 Å². The van der Waals surface area contributed by atoms with Crippen LogP contribution in [-0.4, -0.2) is 29.1 Å². The number of halogens is 1. The second-order valence-corrected chi connectivity index (χ2v) is 8.22. The SMILES string of the molecule is N#Cc1ccc(-c2cc(OC[C@@H]3CCNC3)c3cncn3c2-c2ccc(Cl)cc2)cc1. The van der Waals surface area contributed by atoms with E-state index >= 15 is 0 Å². The predicted octanol–water partition coefficient (Wildman–Crippen LogP) is 5.18. The number of nitrogens with one attached hydrogen (secondary N) is 1. The monoisotopic (exact) mass is 428 g/mol. The Labute approximate surface area is 185 Å². The smallest absolute Gasteiger partial charge is 0.145 e. The van der Waals surface area contributed by atoms with Gasteiger partial charge in [0.1, 0.15) is 11.3 Å². The number of ether oxygens (including phenoxy) is 1. The van der Waals surface area contributed by atoms with Crippen LogP contribution < -0.4 is 10.1 Å². The molecule has 0 bridgehead atoms. The van der Waals surface area contributed by atoms with Crippen molar-refractivity contribution in [1.82, 2.24) is 14.7 Å². The third-order valence-corrected chi connectivity index (χ3v) is 5.99. The van der Waals surface area contributed by atoms with Crippen molar-refractivity contribution in [2.45, 2.75) is 6.42 Å². The van der Waals surface area contributed by atoms with Gasteiger partial charge in [0, 0.05) is 23.0 Å². The van der Waals surface area contributed by atoms with Crippen LogP contribution in [0.5, 0.6) is 5.75 Å². The molecule has 1 atom stereocenters. The lowest BCUT2D eigenvalue weighted by molar-refractivity contribution is 0.262. The maximum absolute atomic E-state index is 9.19. The van der Waals surface area contributed by atoms with Crippen molar-refractivity contribution in [3.05, 3.63) is 77.7 Å². The fourth-order valence-corrected chi connectivity index (χ4v) is 4.21. The van der Waals surface area contributed by atoms with E-state index < -0.39 is 0 Å². The third-order valence-electron chi connectivity index (χ3n) is 5.74. The molecule has 0 unspecified atom stereocenters. The van der Waals surface area contributed by atoms with Gasteiger partial charge in [0.05, 0.1) is 36.5 Å². The minimum absolute atomic E-state index is 0.511. The molecule has 5 rings (SSSR count). The van der Waals surface area contributed by atoms with Crippen molar-refractivity contribution in [3.63, 3.8) is 0 Å². The number of hydrogen-bond acceptors (Lipinski definition) is 4. The first kappa shape index (κ1) is 19.6. The molecule has 2 aromatic heterocycles. The van der Waals surface area contributed by atoms with Gasteiger partial charge in [-0.25, -0.2) is 4.98 Å². The molecule has 0 aliphatic carbocycles. The van der Waals surface area contributed by atoms with Gasteiger partial charge in [0.25, 0.3) is 0 Å². The quantitative estimate of drug-likeness (QED) is 0.475. The molecule has 1 N–H and O–H groups in total. The Morgan fingerprint density at radius 3 is 2.61 bits per heavy atom. The maximum atomic E-state index is 9.19. The Bertz CT molecular complexity index is 1250. The zero-order valence-corrected chi connectivity index (χ0v) is 17.6. The molecular weight excluding hydrogens is 408 g/mol. The highest BCUT2D eigenvalue weighted by molar-refractivity contribution is 6.30. The molecule has 5 nitrogen and oxygen atoms in total. The van der Waals surface area contributed by atoms with Crippen molar-refractivity contribution >= 4 is 17.1 Å². The summed E-state index contributed by atoms with van der Waals surface area (Å²) in [5, 5.41) is 13.3. The maximum Gasteiger partial charge on any atom is 0.145 e. The van der Waals surface area contributed by atoms with E-state index in [1.54, 1.807) is 0 Å². The van der Waals surface area contributed by atoms with Gasteiger partial charge in [0.15, 0.2) is 0 Å². The van der Waals surface area contributed by atoms with Gasteiger partial charge in [0.2, 0.25) is 0 Å². The van der Waals surface area contributed by atoms with E-state index in [-0.39, 0.29) is 0 Å². The number of nitriles is 1. The largest absolute Gasteiger partial charge is 0.491 e. The third kappa shape index (κ3) is 3.88. The Hall–Kier alpha value is -3.33. The van der Waals surface area contributed by atoms with E-state index in [4.69, 9.17) is 16.3 Å². The lowest BCUT2D eigenvalue weighted by Gasteiger charge is -2.18. The van der Waals surface area contributed by atoms with E-state index in [0.717, 1.165) is 53.2 Å². The number of aromatic nitrogens is 2. The number of pyridine rings is 1. The number of fused-ring (bicyclic) bond motifs is 1. The molecule has 1 saturated heterocycles. The van der Waals surface area contributed by atoms with E-state index in [0.29, 0.717) is 23.1 Å². The zero-order valence-electron chi connectivity index (χ0n) is 16.9. The minimum Gasteiger partial charge on any atom is -0.491 e. The second-order valence-electron chi connectivity index (χ2n) is 7.79. The first-order valence-electron chi connectivity index (χ1n) is 10.3. The summed E-state index contributed by atoms with van der Waals surface area (Å²) < 4.78 is 8.37.